The molecule has 22 nitrogen and oxygen atoms in total. The fourth-order valence-corrected chi connectivity index (χ4v) is 6.69. The zero-order valence-electron chi connectivity index (χ0n) is 22.1. The van der Waals surface area contributed by atoms with Crippen molar-refractivity contribution in [3.05, 3.63) is 34.6 Å². The predicted octanol–water partition coefficient (Wildman–Crippen LogP) is -14.6. The first-order valence-corrected chi connectivity index (χ1v) is 14.7. The van der Waals surface area contributed by atoms with Gasteiger partial charge in [0, 0.05) is 6.20 Å². The van der Waals surface area contributed by atoms with Crippen molar-refractivity contribution >= 4 is 29.4 Å². The average Bonchev–Trinajstić information content (AvgIpc) is 3.07. The number of rotatable bonds is 11. The number of phosphoric acid groups is 3. The van der Waals surface area contributed by atoms with Crippen LogP contribution < -0.4 is 109 Å². The Morgan fingerprint density at radius 1 is 1.02 bits per heavy atom. The number of carbonyl (C=O) groups excluding carboxylic acids is 1. The van der Waals surface area contributed by atoms with Gasteiger partial charge in [-0.05, 0) is 18.0 Å². The molecule has 6 N–H and O–H groups in total. The number of ether oxygens (including phenoxy) is 2. The van der Waals surface area contributed by atoms with Crippen molar-refractivity contribution in [3.63, 3.8) is 0 Å². The first-order chi connectivity index (χ1) is 18.3. The monoisotopic (exact) mass is 708 g/mol. The van der Waals surface area contributed by atoms with Crippen LogP contribution in [0.3, 0.4) is 0 Å². The van der Waals surface area contributed by atoms with Crippen LogP contribution in [0.5, 0.6) is 5.88 Å². The molecule has 0 aromatic carbocycles. The van der Waals surface area contributed by atoms with Crippen LogP contribution >= 0.6 is 23.5 Å². The number of nitrogens with zero attached hydrogens (tertiary/aromatic N) is 2. The molecule has 2 aliphatic heterocycles. The zero-order chi connectivity index (χ0) is 30.2. The maximum atomic E-state index is 12.1. The molecule has 3 unspecified atom stereocenters. The van der Waals surface area contributed by atoms with Crippen LogP contribution in [0, 0.1) is 0 Å². The van der Waals surface area contributed by atoms with Crippen LogP contribution in [-0.4, -0.2) is 89.2 Å². The van der Waals surface area contributed by atoms with Gasteiger partial charge in [-0.3, -0.25) is 9.13 Å². The van der Waals surface area contributed by atoms with Crippen LogP contribution in [-0.2, 0) is 45.6 Å². The molecule has 1 fully saturated rings. The Morgan fingerprint density at radius 2 is 1.63 bits per heavy atom. The Morgan fingerprint density at radius 3 is 2.19 bits per heavy atom. The van der Waals surface area contributed by atoms with E-state index < -0.39 is 96.4 Å². The fourth-order valence-electron chi connectivity index (χ4n) is 3.15. The second-order valence-electron chi connectivity index (χ2n) is 7.74. The molecule has 10 atom stereocenters. The molecule has 1 aromatic rings. The molecule has 226 valence electrons. The first-order valence-electron chi connectivity index (χ1n) is 10.3. The molecule has 0 aliphatic carbocycles. The summed E-state index contributed by atoms with van der Waals surface area (Å²) in [6.45, 7) is -1.23. The molecule has 28 heteroatoms. The minimum Gasteiger partial charge on any atom is -0.858 e. The van der Waals surface area contributed by atoms with E-state index in [4.69, 9.17) is 4.74 Å². The maximum absolute atomic E-state index is 12.1. The SMILES string of the molecule is O=C([O-])C1=C[C@H](O)[C@@H](O)[C@@H](OP(=O)(O)OP(=O)(O)OP(=O)([O-])OC[C@H]2O[C@@H](n3ccc([O-])nc3=O)[C@H](O)[C@@H]2O)O1.[Na+].[Na+].[Na+]. The molecule has 43 heavy (non-hydrogen) atoms. The van der Waals surface area contributed by atoms with E-state index in [1.807, 2.05) is 0 Å². The molecule has 3 heterocycles. The quantitative estimate of drug-likeness (QED) is 0.0918. The third kappa shape index (κ3) is 12.1. The van der Waals surface area contributed by atoms with E-state index in [0.717, 1.165) is 12.3 Å². The Balaban J connectivity index is 0.00000588. The number of aliphatic hydroxyl groups is 4. The van der Waals surface area contributed by atoms with Gasteiger partial charge in [0.1, 0.15) is 42.2 Å². The van der Waals surface area contributed by atoms with Crippen molar-refractivity contribution in [2.45, 2.75) is 43.0 Å². The minimum atomic E-state index is -6.15. The molecule has 0 radical (unpaired) electrons. The van der Waals surface area contributed by atoms with Crippen LogP contribution in [0.1, 0.15) is 6.23 Å². The summed E-state index contributed by atoms with van der Waals surface area (Å²) in [4.78, 5) is 57.0. The summed E-state index contributed by atoms with van der Waals surface area (Å²) in [5, 5.41) is 61.4. The van der Waals surface area contributed by atoms with Gasteiger partial charge in [-0.25, -0.2) is 27.7 Å². The van der Waals surface area contributed by atoms with Gasteiger partial charge in [0.05, 0.1) is 6.61 Å². The second-order valence-corrected chi connectivity index (χ2v) is 12.3. The van der Waals surface area contributed by atoms with E-state index in [-0.39, 0.29) is 88.7 Å². The second kappa shape index (κ2) is 17.3. The van der Waals surface area contributed by atoms with Crippen molar-refractivity contribution in [2.24, 2.45) is 0 Å². The van der Waals surface area contributed by atoms with Gasteiger partial charge < -0.3 is 64.1 Å². The Hall–Kier alpha value is 0.900. The zero-order valence-corrected chi connectivity index (χ0v) is 30.8. The number of carbonyl (C=O) groups is 1. The smallest absolute Gasteiger partial charge is 0.858 e. The van der Waals surface area contributed by atoms with Gasteiger partial charge >= 0.3 is 110 Å². The summed E-state index contributed by atoms with van der Waals surface area (Å²) in [6, 6.07) is 0.817. The Labute approximate surface area is 305 Å². The van der Waals surface area contributed by atoms with Gasteiger partial charge in [-0.2, -0.15) is 4.31 Å². The largest absolute Gasteiger partial charge is 1.00 e. The number of aliphatic hydroxyl groups excluding tert-OH is 4. The Bertz CT molecular complexity index is 1360. The summed E-state index contributed by atoms with van der Waals surface area (Å²) in [6.07, 6.45) is -12.7. The van der Waals surface area contributed by atoms with Crippen LogP contribution in [0.2, 0.25) is 0 Å². The molecule has 0 amide bonds. The van der Waals surface area contributed by atoms with Crippen LogP contribution in [0.25, 0.3) is 0 Å². The van der Waals surface area contributed by atoms with E-state index in [1.165, 1.54) is 0 Å². The molecule has 1 aromatic heterocycles. The molecule has 2 aliphatic rings. The van der Waals surface area contributed by atoms with Gasteiger partial charge in [-0.15, -0.1) is 0 Å². The van der Waals surface area contributed by atoms with E-state index >= 15 is 0 Å². The van der Waals surface area contributed by atoms with Crippen molar-refractivity contribution in [2.75, 3.05) is 6.61 Å². The minimum absolute atomic E-state index is 0. The third-order valence-corrected chi connectivity index (χ3v) is 9.07. The summed E-state index contributed by atoms with van der Waals surface area (Å²) < 4.78 is 62.1. The van der Waals surface area contributed by atoms with E-state index in [0.29, 0.717) is 10.6 Å². The number of carboxylic acids is 1. The predicted molar refractivity (Wildman–Crippen MR) is 110 cm³/mol. The van der Waals surface area contributed by atoms with Gasteiger partial charge in [0.15, 0.2) is 6.23 Å². The van der Waals surface area contributed by atoms with Gasteiger partial charge in [0.2, 0.25) is 6.29 Å². The van der Waals surface area contributed by atoms with E-state index in [2.05, 4.69) is 27.4 Å². The standard InChI is InChI=1S/C15H21N2O20P3.3Na/c18-5-3-6(13(23)24)34-14(9(5)20)35-39(28,29)37-40(30,31)36-38(26,27)32-4-7-10(21)11(22)12(33-7)17-2-1-8(19)16-15(17)25;;;/h1-3,5,7,9-12,14,18,20-22H,4H2,(H,23,24)(H,26,27)(H,28,29)(H,30,31)(H,16,19,25);;;/q;3*+1/p-3/t5-,7+,9+,10+,11+,12+,14+;;;/m0.../s1. The van der Waals surface area contributed by atoms with Crippen LogP contribution in [0.15, 0.2) is 28.9 Å². The topological polar surface area (TPSA) is 349 Å². The van der Waals surface area contributed by atoms with Crippen molar-refractivity contribution in [3.8, 4) is 5.88 Å². The third-order valence-electron chi connectivity index (χ3n) is 4.85. The molecule has 0 bridgehead atoms. The number of carboxylic acid groups (broad SMARTS) is 1. The molecule has 1 saturated heterocycles. The average molecular weight is 708 g/mol. The number of hydrogen-bond acceptors (Lipinski definition) is 19. The Kier molecular flexibility index (Phi) is 17.7. The van der Waals surface area contributed by atoms with Gasteiger partial charge in [0.25, 0.3) is 7.82 Å². The number of aromatic nitrogens is 2. The first kappa shape index (κ1) is 43.9. The van der Waals surface area contributed by atoms with Crippen molar-refractivity contribution in [1.29, 1.82) is 0 Å². The van der Waals surface area contributed by atoms with Crippen LogP contribution in [0.4, 0.5) is 0 Å². The summed E-state index contributed by atoms with van der Waals surface area (Å²) >= 11 is 0. The van der Waals surface area contributed by atoms with E-state index in [9.17, 15) is 68.6 Å². The number of hydrogen-bond donors (Lipinski definition) is 6. The molecule has 3 rings (SSSR count). The number of phosphoric ester groups is 2. The summed E-state index contributed by atoms with van der Waals surface area (Å²) in [5.41, 5.74) is -1.19. The van der Waals surface area contributed by atoms with E-state index in [1.54, 1.807) is 0 Å². The normalized spacial score (nSPS) is 30.9. The molecule has 0 saturated carbocycles. The molecule has 0 spiro atoms. The van der Waals surface area contributed by atoms with Gasteiger partial charge in [-0.1, -0.05) is 0 Å². The van der Waals surface area contributed by atoms with Crippen molar-refractivity contribution < 1.29 is 180 Å². The summed E-state index contributed by atoms with van der Waals surface area (Å²) in [5.74, 6) is -4.16. The molecular formula is C15H18N2Na3O20P3. The fraction of sp³-hybridized carbons (Fsp3) is 0.533. The van der Waals surface area contributed by atoms with Crippen molar-refractivity contribution in [1.82, 2.24) is 9.55 Å². The maximum Gasteiger partial charge on any atom is 1.00 e. The number of aliphatic carboxylic acids is 1. The molecular weight excluding hydrogens is 690 g/mol. The summed E-state index contributed by atoms with van der Waals surface area (Å²) in [7, 11) is -18.1.